The maximum Gasteiger partial charge on any atom is 0.100 e. The van der Waals surface area contributed by atoms with Crippen LogP contribution < -0.4 is 0 Å². The van der Waals surface area contributed by atoms with Gasteiger partial charge in [0.1, 0.15) is 6.17 Å². The smallest absolute Gasteiger partial charge is 0.100 e. The average molecular weight is 184 g/mol. The Bertz CT molecular complexity index is 147. The fourth-order valence-electron chi connectivity index (χ4n) is 3.17. The molecule has 0 nitrogen and oxygen atoms in total. The summed E-state index contributed by atoms with van der Waals surface area (Å²) in [6.07, 6.45) is 12.0. The quantitative estimate of drug-likeness (QED) is 0.528. The SMILES string of the molecule is FC1CCC2(CCCCCC2)CC1. The number of alkyl halides is 1. The lowest BCUT2D eigenvalue weighted by Crippen LogP contribution is -2.27. The molecular formula is C12H21F. The molecule has 0 aromatic heterocycles. The van der Waals surface area contributed by atoms with Gasteiger partial charge in [0.15, 0.2) is 0 Å². The standard InChI is InChI=1S/C12H21F/c13-11-5-9-12(10-6-11)7-3-1-2-4-8-12/h11H,1-10H2. The molecule has 2 rings (SSSR count). The summed E-state index contributed by atoms with van der Waals surface area (Å²) in [6.45, 7) is 0. The molecule has 0 unspecified atom stereocenters. The molecule has 2 aliphatic rings. The van der Waals surface area contributed by atoms with Gasteiger partial charge in [-0.3, -0.25) is 0 Å². The van der Waals surface area contributed by atoms with Gasteiger partial charge in [-0.1, -0.05) is 25.7 Å². The van der Waals surface area contributed by atoms with Gasteiger partial charge in [-0.2, -0.15) is 0 Å². The van der Waals surface area contributed by atoms with Crippen molar-refractivity contribution in [1.82, 2.24) is 0 Å². The zero-order valence-electron chi connectivity index (χ0n) is 8.53. The Morgan fingerprint density at radius 3 is 1.85 bits per heavy atom. The van der Waals surface area contributed by atoms with Gasteiger partial charge < -0.3 is 0 Å². The molecule has 76 valence electrons. The zero-order valence-corrected chi connectivity index (χ0v) is 8.53. The van der Waals surface area contributed by atoms with Crippen LogP contribution in [-0.4, -0.2) is 6.17 Å². The van der Waals surface area contributed by atoms with E-state index in [4.69, 9.17) is 0 Å². The molecule has 13 heavy (non-hydrogen) atoms. The van der Waals surface area contributed by atoms with Gasteiger partial charge >= 0.3 is 0 Å². The lowest BCUT2D eigenvalue weighted by molar-refractivity contribution is 0.104. The van der Waals surface area contributed by atoms with Crippen molar-refractivity contribution in [3.05, 3.63) is 0 Å². The second kappa shape index (κ2) is 3.98. The Morgan fingerprint density at radius 2 is 1.31 bits per heavy atom. The fraction of sp³-hybridized carbons (Fsp3) is 1.00. The number of halogens is 1. The van der Waals surface area contributed by atoms with Gasteiger partial charge in [-0.25, -0.2) is 4.39 Å². The van der Waals surface area contributed by atoms with Crippen molar-refractivity contribution in [2.45, 2.75) is 70.4 Å². The highest BCUT2D eigenvalue weighted by Gasteiger charge is 2.35. The highest BCUT2D eigenvalue weighted by molar-refractivity contribution is 4.86. The second-order valence-corrected chi connectivity index (χ2v) is 5.09. The van der Waals surface area contributed by atoms with Crippen LogP contribution in [0.2, 0.25) is 0 Å². The molecule has 0 aromatic carbocycles. The van der Waals surface area contributed by atoms with Gasteiger partial charge in [0.05, 0.1) is 0 Å². The van der Waals surface area contributed by atoms with Crippen LogP contribution in [0.15, 0.2) is 0 Å². The predicted octanol–water partition coefficient (Wildman–Crippen LogP) is 4.24. The summed E-state index contributed by atoms with van der Waals surface area (Å²) in [5, 5.41) is 0. The number of hydrogen-bond acceptors (Lipinski definition) is 0. The van der Waals surface area contributed by atoms with E-state index in [0.29, 0.717) is 5.41 Å². The first kappa shape index (κ1) is 9.48. The van der Waals surface area contributed by atoms with Crippen LogP contribution in [0, 0.1) is 5.41 Å². The molecule has 0 atom stereocenters. The van der Waals surface area contributed by atoms with Gasteiger partial charge in [0, 0.05) is 0 Å². The minimum Gasteiger partial charge on any atom is -0.247 e. The van der Waals surface area contributed by atoms with Crippen molar-refractivity contribution >= 4 is 0 Å². The van der Waals surface area contributed by atoms with Gasteiger partial charge in [-0.05, 0) is 43.9 Å². The Hall–Kier alpha value is -0.0700. The third-order valence-corrected chi connectivity index (χ3v) is 4.14. The molecule has 0 heterocycles. The third kappa shape index (κ3) is 2.24. The van der Waals surface area contributed by atoms with Gasteiger partial charge in [0.25, 0.3) is 0 Å². The van der Waals surface area contributed by atoms with Crippen LogP contribution in [0.25, 0.3) is 0 Å². The Morgan fingerprint density at radius 1 is 0.769 bits per heavy atom. The minimum absolute atomic E-state index is 0.478. The van der Waals surface area contributed by atoms with E-state index in [1.165, 1.54) is 51.4 Å². The molecule has 0 aliphatic heterocycles. The largest absolute Gasteiger partial charge is 0.247 e. The third-order valence-electron chi connectivity index (χ3n) is 4.14. The van der Waals surface area contributed by atoms with E-state index in [2.05, 4.69) is 0 Å². The summed E-state index contributed by atoms with van der Waals surface area (Å²) in [7, 11) is 0. The maximum absolute atomic E-state index is 13.0. The van der Waals surface area contributed by atoms with Crippen molar-refractivity contribution in [3.63, 3.8) is 0 Å². The zero-order chi connectivity index (χ0) is 9.15. The molecular weight excluding hydrogens is 163 g/mol. The van der Waals surface area contributed by atoms with Gasteiger partial charge in [-0.15, -0.1) is 0 Å². The van der Waals surface area contributed by atoms with Crippen LogP contribution in [-0.2, 0) is 0 Å². The van der Waals surface area contributed by atoms with E-state index in [-0.39, 0.29) is 0 Å². The topological polar surface area (TPSA) is 0 Å². The minimum atomic E-state index is -0.478. The molecule has 1 heteroatoms. The van der Waals surface area contributed by atoms with E-state index in [0.717, 1.165) is 12.8 Å². The summed E-state index contributed by atoms with van der Waals surface area (Å²) in [4.78, 5) is 0. The predicted molar refractivity (Wildman–Crippen MR) is 53.5 cm³/mol. The first-order valence-electron chi connectivity index (χ1n) is 5.95. The van der Waals surface area contributed by atoms with E-state index >= 15 is 0 Å². The van der Waals surface area contributed by atoms with E-state index in [1.54, 1.807) is 0 Å². The van der Waals surface area contributed by atoms with E-state index < -0.39 is 6.17 Å². The van der Waals surface area contributed by atoms with Gasteiger partial charge in [0.2, 0.25) is 0 Å². The summed E-state index contributed by atoms with van der Waals surface area (Å²) >= 11 is 0. The molecule has 2 saturated carbocycles. The molecule has 0 saturated heterocycles. The fourth-order valence-corrected chi connectivity index (χ4v) is 3.17. The summed E-state index contributed by atoms with van der Waals surface area (Å²) in [6, 6.07) is 0. The van der Waals surface area contributed by atoms with Crippen molar-refractivity contribution in [3.8, 4) is 0 Å². The number of hydrogen-bond donors (Lipinski definition) is 0. The van der Waals surface area contributed by atoms with Crippen LogP contribution in [0.3, 0.4) is 0 Å². The molecule has 2 fully saturated rings. The molecule has 0 N–H and O–H groups in total. The maximum atomic E-state index is 13.0. The summed E-state index contributed by atoms with van der Waals surface area (Å²) < 4.78 is 13.0. The molecule has 2 aliphatic carbocycles. The van der Waals surface area contributed by atoms with Crippen LogP contribution in [0.5, 0.6) is 0 Å². The Kier molecular flexibility index (Phi) is 2.90. The monoisotopic (exact) mass is 184 g/mol. The van der Waals surface area contributed by atoms with E-state index in [1.807, 2.05) is 0 Å². The van der Waals surface area contributed by atoms with Crippen LogP contribution >= 0.6 is 0 Å². The van der Waals surface area contributed by atoms with Crippen LogP contribution in [0.1, 0.15) is 64.2 Å². The first-order chi connectivity index (χ1) is 6.31. The van der Waals surface area contributed by atoms with E-state index in [9.17, 15) is 4.39 Å². The lowest BCUT2D eigenvalue weighted by atomic mass is 9.69. The van der Waals surface area contributed by atoms with Crippen molar-refractivity contribution in [2.75, 3.05) is 0 Å². The Labute approximate surface area is 80.9 Å². The van der Waals surface area contributed by atoms with Crippen molar-refractivity contribution in [1.29, 1.82) is 0 Å². The summed E-state index contributed by atoms with van der Waals surface area (Å²) in [5.41, 5.74) is 0.582. The number of rotatable bonds is 0. The summed E-state index contributed by atoms with van der Waals surface area (Å²) in [5.74, 6) is 0. The first-order valence-corrected chi connectivity index (χ1v) is 5.95. The molecule has 0 bridgehead atoms. The highest BCUT2D eigenvalue weighted by atomic mass is 19.1. The highest BCUT2D eigenvalue weighted by Crippen LogP contribution is 2.46. The molecule has 0 aromatic rings. The van der Waals surface area contributed by atoms with Crippen molar-refractivity contribution in [2.24, 2.45) is 5.41 Å². The molecule has 0 amide bonds. The Balaban J connectivity index is 1.93. The lowest BCUT2D eigenvalue weighted by Gasteiger charge is -2.37. The second-order valence-electron chi connectivity index (χ2n) is 5.09. The normalized spacial score (nSPS) is 30.2. The van der Waals surface area contributed by atoms with Crippen molar-refractivity contribution < 1.29 is 4.39 Å². The average Bonchev–Trinajstić information content (AvgIpc) is 2.37. The molecule has 0 radical (unpaired) electrons. The molecule has 1 spiro atoms. The van der Waals surface area contributed by atoms with Crippen LogP contribution in [0.4, 0.5) is 4.39 Å².